The van der Waals surface area contributed by atoms with Gasteiger partial charge in [0.05, 0.1) is 35.3 Å². The number of hydrogen-bond acceptors (Lipinski definition) is 5. The molecule has 0 fully saturated rings. The molecule has 1 aliphatic rings. The molecule has 0 atom stereocenters. The number of halogens is 3. The highest BCUT2D eigenvalue weighted by Gasteiger charge is 2.31. The summed E-state index contributed by atoms with van der Waals surface area (Å²) >= 11 is 0. The zero-order valence-corrected chi connectivity index (χ0v) is 25.6. The topological polar surface area (TPSA) is 92.0 Å². The SMILES string of the molecule is CNC(=O)c1c(-c2ccc(C)cc2)oc2cc(N(C)S(C)(=O)=O)c(-c3ccc4c(c3)C(c3ccc(C(F)(F)F)cc3)=NC4)cc12. The number of carbonyl (C=O) groups is 1. The van der Waals surface area contributed by atoms with Crippen molar-refractivity contribution in [2.45, 2.75) is 19.6 Å². The molecule has 0 radical (unpaired) electrons. The van der Waals surface area contributed by atoms with Gasteiger partial charge in [-0.15, -0.1) is 0 Å². The molecule has 2 heterocycles. The number of alkyl halides is 3. The molecule has 4 aromatic carbocycles. The van der Waals surface area contributed by atoms with Gasteiger partial charge in [-0.3, -0.25) is 14.1 Å². The quantitative estimate of drug-likeness (QED) is 0.215. The molecule has 1 N–H and O–H groups in total. The molecule has 1 aromatic heterocycles. The van der Waals surface area contributed by atoms with Crippen molar-refractivity contribution in [3.8, 4) is 22.5 Å². The lowest BCUT2D eigenvalue weighted by atomic mass is 9.93. The fourth-order valence-corrected chi connectivity index (χ4v) is 5.99. The molecule has 11 heteroatoms. The Morgan fingerprint density at radius 2 is 1.56 bits per heavy atom. The van der Waals surface area contributed by atoms with Crippen LogP contribution in [0, 0.1) is 6.92 Å². The maximum Gasteiger partial charge on any atom is 0.416 e. The number of rotatable bonds is 6. The number of nitrogens with one attached hydrogen (secondary N) is 1. The number of amides is 1. The van der Waals surface area contributed by atoms with Gasteiger partial charge in [0.2, 0.25) is 10.0 Å². The van der Waals surface area contributed by atoms with Crippen LogP contribution < -0.4 is 9.62 Å². The van der Waals surface area contributed by atoms with E-state index in [1.165, 1.54) is 26.2 Å². The third-order valence-corrected chi connectivity index (χ3v) is 9.17. The molecule has 45 heavy (non-hydrogen) atoms. The summed E-state index contributed by atoms with van der Waals surface area (Å²) in [5, 5.41) is 3.17. The molecule has 7 nitrogen and oxygen atoms in total. The second kappa shape index (κ2) is 10.9. The van der Waals surface area contributed by atoms with Gasteiger partial charge in [0, 0.05) is 47.8 Å². The van der Waals surface area contributed by atoms with Crippen molar-refractivity contribution in [2.24, 2.45) is 4.99 Å². The van der Waals surface area contributed by atoms with E-state index in [1.54, 1.807) is 12.1 Å². The summed E-state index contributed by atoms with van der Waals surface area (Å²) in [5.74, 6) is -0.0229. The summed E-state index contributed by atoms with van der Waals surface area (Å²) in [5.41, 5.74) is 5.73. The zero-order chi connectivity index (χ0) is 32.3. The van der Waals surface area contributed by atoms with Crippen molar-refractivity contribution < 1.29 is 30.8 Å². The minimum atomic E-state index is -4.46. The van der Waals surface area contributed by atoms with Crippen molar-refractivity contribution in [3.05, 3.63) is 112 Å². The van der Waals surface area contributed by atoms with Crippen molar-refractivity contribution in [1.82, 2.24) is 5.32 Å². The summed E-state index contributed by atoms with van der Waals surface area (Å²) in [7, 11) is -0.761. The van der Waals surface area contributed by atoms with E-state index in [4.69, 9.17) is 4.42 Å². The second-order valence-electron chi connectivity index (χ2n) is 11.0. The molecule has 0 bridgehead atoms. The number of fused-ring (bicyclic) bond motifs is 2. The standard InChI is InChI=1S/C34H28F3N3O4S/c1-19-5-7-21(8-6-19)32-30(33(41)38-2)27-16-25(28(17-29(27)44-32)40(3)45(4,42)43)22-9-10-23-18-39-31(26(23)15-22)20-11-13-24(14-12-20)34(35,36)37/h5-17H,18H2,1-4H3,(H,38,41). The molecule has 1 amide bonds. The molecule has 0 unspecified atom stereocenters. The monoisotopic (exact) mass is 631 g/mol. The van der Waals surface area contributed by atoms with Crippen molar-refractivity contribution in [1.29, 1.82) is 0 Å². The lowest BCUT2D eigenvalue weighted by molar-refractivity contribution is -0.137. The van der Waals surface area contributed by atoms with E-state index < -0.39 is 21.8 Å². The van der Waals surface area contributed by atoms with Crippen molar-refractivity contribution >= 4 is 38.3 Å². The number of benzene rings is 4. The third-order valence-electron chi connectivity index (χ3n) is 7.98. The number of aryl methyl sites for hydroxylation is 1. The van der Waals surface area contributed by atoms with Crippen LogP contribution in [0.3, 0.4) is 0 Å². The van der Waals surface area contributed by atoms with Crippen LogP contribution in [0.15, 0.2) is 88.3 Å². The largest absolute Gasteiger partial charge is 0.455 e. The number of sulfonamides is 1. The highest BCUT2D eigenvalue weighted by molar-refractivity contribution is 7.92. The maximum atomic E-state index is 13.3. The van der Waals surface area contributed by atoms with E-state index >= 15 is 0 Å². The average Bonchev–Trinajstić information content (AvgIpc) is 3.60. The van der Waals surface area contributed by atoms with E-state index in [0.29, 0.717) is 62.5 Å². The fraction of sp³-hybridized carbons (Fsp3) is 0.176. The normalized spacial score (nSPS) is 13.1. The summed E-state index contributed by atoms with van der Waals surface area (Å²) in [6, 6.07) is 21.3. The van der Waals surface area contributed by atoms with Crippen molar-refractivity contribution in [2.75, 3.05) is 24.7 Å². The second-order valence-corrected chi connectivity index (χ2v) is 13.0. The highest BCUT2D eigenvalue weighted by Crippen LogP contribution is 2.42. The van der Waals surface area contributed by atoms with Gasteiger partial charge in [0.15, 0.2) is 0 Å². The first-order valence-corrected chi connectivity index (χ1v) is 15.8. The number of anilines is 1. The molecule has 0 spiro atoms. The predicted octanol–water partition coefficient (Wildman–Crippen LogP) is 7.20. The van der Waals surface area contributed by atoms with E-state index in [-0.39, 0.29) is 5.91 Å². The Labute approximate surface area is 258 Å². The number of nitrogens with zero attached hydrogens (tertiary/aromatic N) is 2. The Kier molecular flexibility index (Phi) is 7.31. The Morgan fingerprint density at radius 3 is 2.18 bits per heavy atom. The lowest BCUT2D eigenvalue weighted by Crippen LogP contribution is -2.25. The third kappa shape index (κ3) is 5.48. The van der Waals surface area contributed by atoms with E-state index in [0.717, 1.165) is 39.4 Å². The van der Waals surface area contributed by atoms with Gasteiger partial charge in [0.25, 0.3) is 5.91 Å². The first-order valence-electron chi connectivity index (χ1n) is 14.0. The van der Waals surface area contributed by atoms with Gasteiger partial charge in [-0.2, -0.15) is 13.2 Å². The van der Waals surface area contributed by atoms with Gasteiger partial charge in [-0.25, -0.2) is 8.42 Å². The van der Waals surface area contributed by atoms with Gasteiger partial charge in [-0.05, 0) is 42.3 Å². The minimum absolute atomic E-state index is 0.305. The van der Waals surface area contributed by atoms with Gasteiger partial charge in [0.1, 0.15) is 11.3 Å². The average molecular weight is 632 g/mol. The summed E-state index contributed by atoms with van der Waals surface area (Å²) in [6.45, 7) is 2.30. The van der Waals surface area contributed by atoms with Crippen LogP contribution in [0.1, 0.15) is 38.2 Å². The smallest absolute Gasteiger partial charge is 0.416 e. The van der Waals surface area contributed by atoms with Gasteiger partial charge >= 0.3 is 6.18 Å². The van der Waals surface area contributed by atoms with Crippen LogP contribution in [0.25, 0.3) is 33.4 Å². The number of carbonyl (C=O) groups excluding carboxylic acids is 1. The minimum Gasteiger partial charge on any atom is -0.455 e. The van der Waals surface area contributed by atoms with Crippen molar-refractivity contribution in [3.63, 3.8) is 0 Å². The molecule has 230 valence electrons. The van der Waals surface area contributed by atoms with Gasteiger partial charge in [-0.1, -0.05) is 54.1 Å². The summed E-state index contributed by atoms with van der Waals surface area (Å²) < 4.78 is 72.5. The Bertz CT molecular complexity index is 2120. The molecule has 1 aliphatic heterocycles. The zero-order valence-electron chi connectivity index (χ0n) is 24.8. The van der Waals surface area contributed by atoms with Crippen LogP contribution in [0.5, 0.6) is 0 Å². The van der Waals surface area contributed by atoms with E-state index in [2.05, 4.69) is 10.3 Å². The summed E-state index contributed by atoms with van der Waals surface area (Å²) in [6.07, 6.45) is -3.36. The Balaban J connectivity index is 1.55. The number of hydrogen-bond donors (Lipinski definition) is 1. The van der Waals surface area contributed by atoms with Crippen LogP contribution in [-0.2, 0) is 22.7 Å². The molecule has 0 aliphatic carbocycles. The molecule has 6 rings (SSSR count). The molecule has 0 saturated heterocycles. The number of furan rings is 1. The van der Waals surface area contributed by atoms with E-state index in [1.807, 2.05) is 49.4 Å². The van der Waals surface area contributed by atoms with E-state index in [9.17, 15) is 26.4 Å². The molecular formula is C34H28F3N3O4S. The maximum absolute atomic E-state index is 13.3. The molecule has 5 aromatic rings. The van der Waals surface area contributed by atoms with Gasteiger partial charge < -0.3 is 9.73 Å². The highest BCUT2D eigenvalue weighted by atomic mass is 32.2. The van der Waals surface area contributed by atoms with Crippen LogP contribution in [-0.4, -0.2) is 40.4 Å². The number of aliphatic imine (C=N–C) groups is 1. The fourth-order valence-electron chi connectivity index (χ4n) is 5.48. The molecular weight excluding hydrogens is 603 g/mol. The van der Waals surface area contributed by atoms with Crippen LogP contribution >= 0.6 is 0 Å². The molecule has 0 saturated carbocycles. The van der Waals surface area contributed by atoms with Crippen LogP contribution in [0.4, 0.5) is 18.9 Å². The first-order chi connectivity index (χ1) is 21.3. The predicted molar refractivity (Wildman–Crippen MR) is 169 cm³/mol. The Hall–Kier alpha value is -4.90. The Morgan fingerprint density at radius 1 is 0.911 bits per heavy atom. The summed E-state index contributed by atoms with van der Waals surface area (Å²) in [4.78, 5) is 17.9. The first kappa shape index (κ1) is 30.1. The lowest BCUT2D eigenvalue weighted by Gasteiger charge is -2.21. The van der Waals surface area contributed by atoms with Crippen LogP contribution in [0.2, 0.25) is 0 Å².